The molecule has 2 heterocycles. The van der Waals surface area contributed by atoms with Gasteiger partial charge in [-0.3, -0.25) is 9.59 Å². The lowest BCUT2D eigenvalue weighted by molar-refractivity contribution is 0.0948. The number of hydrogen-bond donors (Lipinski definition) is 2. The lowest BCUT2D eigenvalue weighted by Crippen LogP contribution is -2.37. The Bertz CT molecular complexity index is 893. The van der Waals surface area contributed by atoms with Crippen molar-refractivity contribution in [1.82, 2.24) is 15.2 Å². The second-order valence-electron chi connectivity index (χ2n) is 7.71. The van der Waals surface area contributed by atoms with Gasteiger partial charge in [-0.05, 0) is 68.1 Å². The summed E-state index contributed by atoms with van der Waals surface area (Å²) >= 11 is 0. The van der Waals surface area contributed by atoms with Gasteiger partial charge in [0.2, 0.25) is 0 Å². The monoisotopic (exact) mass is 449 g/mol. The van der Waals surface area contributed by atoms with E-state index >= 15 is 0 Å². The van der Waals surface area contributed by atoms with Crippen molar-refractivity contribution in [1.29, 1.82) is 0 Å². The first-order valence-corrected chi connectivity index (χ1v) is 10.5. The zero-order chi connectivity index (χ0) is 21.3. The van der Waals surface area contributed by atoms with E-state index in [1.807, 2.05) is 30.3 Å². The molecule has 3 rings (SSSR count). The Morgan fingerprint density at radius 2 is 2.00 bits per heavy atom. The minimum absolute atomic E-state index is 0. The molecule has 1 aromatic heterocycles. The molecule has 0 spiro atoms. The molecule has 2 N–H and O–H groups in total. The van der Waals surface area contributed by atoms with Crippen LogP contribution in [0.5, 0.6) is 5.75 Å². The molecule has 0 saturated carbocycles. The molecule has 170 valence electrons. The van der Waals surface area contributed by atoms with Crippen LogP contribution < -0.4 is 20.9 Å². The second-order valence-corrected chi connectivity index (χ2v) is 7.71. The molecule has 1 atom stereocenters. The number of rotatable bonds is 9. The van der Waals surface area contributed by atoms with E-state index in [1.165, 1.54) is 0 Å². The van der Waals surface area contributed by atoms with E-state index < -0.39 is 0 Å². The topological polar surface area (TPSA) is 81.6 Å². The maximum Gasteiger partial charge on any atom is 0.263 e. The lowest BCUT2D eigenvalue weighted by Gasteiger charge is -2.23. The Kier molecular flexibility index (Phi) is 10.0. The van der Waals surface area contributed by atoms with E-state index in [1.54, 1.807) is 24.8 Å². The predicted molar refractivity (Wildman–Crippen MR) is 123 cm³/mol. The largest absolute Gasteiger partial charge is 0.491 e. The quantitative estimate of drug-likeness (QED) is 0.575. The first-order valence-electron chi connectivity index (χ1n) is 10.5. The number of methoxy groups -OCH3 is 1. The number of nitrogens with one attached hydrogen (secondary N) is 2. The molecule has 1 saturated heterocycles. The first-order chi connectivity index (χ1) is 14.6. The molecular formula is C23H32ClN3O4. The average molecular weight is 450 g/mol. The first kappa shape index (κ1) is 24.9. The van der Waals surface area contributed by atoms with Crippen molar-refractivity contribution in [2.45, 2.75) is 32.9 Å². The van der Waals surface area contributed by atoms with Gasteiger partial charge in [0.05, 0.1) is 6.61 Å². The minimum atomic E-state index is -0.339. The Morgan fingerprint density at radius 3 is 2.68 bits per heavy atom. The van der Waals surface area contributed by atoms with Gasteiger partial charge in [0.15, 0.2) is 0 Å². The summed E-state index contributed by atoms with van der Waals surface area (Å²) in [7, 11) is 1.63. The van der Waals surface area contributed by atoms with E-state index in [4.69, 9.17) is 9.47 Å². The van der Waals surface area contributed by atoms with Crippen LogP contribution in [0, 0.1) is 12.8 Å². The van der Waals surface area contributed by atoms with Crippen LogP contribution >= 0.6 is 12.4 Å². The summed E-state index contributed by atoms with van der Waals surface area (Å²) in [5.74, 6) is 0.829. The summed E-state index contributed by atoms with van der Waals surface area (Å²) in [5.41, 5.74) is 1.63. The molecule has 1 unspecified atom stereocenters. The van der Waals surface area contributed by atoms with Crippen molar-refractivity contribution in [2.75, 3.05) is 33.4 Å². The van der Waals surface area contributed by atoms with Crippen LogP contribution in [0.15, 0.2) is 41.3 Å². The number of ether oxygens (including phenoxy) is 2. The van der Waals surface area contributed by atoms with Gasteiger partial charge < -0.3 is 24.7 Å². The van der Waals surface area contributed by atoms with E-state index in [0.717, 1.165) is 37.2 Å². The minimum Gasteiger partial charge on any atom is -0.491 e. The van der Waals surface area contributed by atoms with Crippen molar-refractivity contribution in [2.24, 2.45) is 5.92 Å². The fourth-order valence-electron chi connectivity index (χ4n) is 3.66. The Hall–Kier alpha value is -2.35. The third kappa shape index (κ3) is 7.09. The van der Waals surface area contributed by atoms with Gasteiger partial charge in [-0.15, -0.1) is 12.4 Å². The normalized spacial score (nSPS) is 15.7. The van der Waals surface area contributed by atoms with Gasteiger partial charge in [0.1, 0.15) is 17.9 Å². The Morgan fingerprint density at radius 1 is 1.23 bits per heavy atom. The van der Waals surface area contributed by atoms with Gasteiger partial charge >= 0.3 is 0 Å². The number of carbonyl (C=O) groups is 1. The van der Waals surface area contributed by atoms with E-state index in [9.17, 15) is 9.59 Å². The maximum atomic E-state index is 12.9. The Balaban J connectivity index is 0.00000341. The fraction of sp³-hybridized carbons (Fsp3) is 0.478. The molecule has 8 heteroatoms. The number of benzene rings is 1. The smallest absolute Gasteiger partial charge is 0.263 e. The van der Waals surface area contributed by atoms with Crippen LogP contribution in [0.25, 0.3) is 0 Å². The molecule has 0 aliphatic carbocycles. The summed E-state index contributed by atoms with van der Waals surface area (Å²) in [6.07, 6.45) is 4.01. The number of halogens is 1. The second kappa shape index (κ2) is 12.5. The highest BCUT2D eigenvalue weighted by Crippen LogP contribution is 2.14. The van der Waals surface area contributed by atoms with Crippen LogP contribution in [0.1, 0.15) is 34.3 Å². The molecule has 0 bridgehead atoms. The molecule has 0 radical (unpaired) electrons. The van der Waals surface area contributed by atoms with Crippen LogP contribution in [-0.4, -0.2) is 43.9 Å². The van der Waals surface area contributed by atoms with Crippen molar-refractivity contribution >= 4 is 18.3 Å². The van der Waals surface area contributed by atoms with E-state index in [2.05, 4.69) is 10.6 Å². The number of amides is 1. The lowest BCUT2D eigenvalue weighted by atomic mass is 9.99. The molecular weight excluding hydrogens is 418 g/mol. The molecule has 31 heavy (non-hydrogen) atoms. The van der Waals surface area contributed by atoms with Crippen LogP contribution in [0.4, 0.5) is 0 Å². The van der Waals surface area contributed by atoms with Crippen molar-refractivity contribution in [3.8, 4) is 5.75 Å². The highest BCUT2D eigenvalue weighted by Gasteiger charge is 2.19. The van der Waals surface area contributed by atoms with E-state index in [-0.39, 0.29) is 29.4 Å². The molecule has 1 aromatic carbocycles. The third-order valence-electron chi connectivity index (χ3n) is 5.39. The van der Waals surface area contributed by atoms with Gasteiger partial charge in [0, 0.05) is 26.4 Å². The zero-order valence-corrected chi connectivity index (χ0v) is 19.0. The van der Waals surface area contributed by atoms with Gasteiger partial charge in [0.25, 0.3) is 11.5 Å². The van der Waals surface area contributed by atoms with E-state index in [0.29, 0.717) is 37.8 Å². The van der Waals surface area contributed by atoms with Crippen molar-refractivity contribution in [3.05, 3.63) is 63.6 Å². The number of aromatic nitrogens is 1. The SMILES string of the molecule is COCCOc1ccc(CNC(=O)c2c(C)ccn(CC3CCCNC3)c2=O)cc1.Cl. The number of piperidine rings is 1. The average Bonchev–Trinajstić information content (AvgIpc) is 2.76. The Labute approximate surface area is 189 Å². The maximum absolute atomic E-state index is 12.9. The number of pyridine rings is 1. The predicted octanol–water partition coefficient (Wildman–Crippen LogP) is 2.53. The van der Waals surface area contributed by atoms with Crippen LogP contribution in [-0.2, 0) is 17.8 Å². The number of carbonyl (C=O) groups excluding carboxylic acids is 1. The summed E-state index contributed by atoms with van der Waals surface area (Å²) in [6.45, 7) is 5.75. The molecule has 1 amide bonds. The summed E-state index contributed by atoms with van der Waals surface area (Å²) in [4.78, 5) is 25.7. The highest BCUT2D eigenvalue weighted by molar-refractivity contribution is 5.95. The standard InChI is InChI=1S/C23H31N3O4.ClH/c1-17-9-11-26(16-19-4-3-10-24-14-19)23(28)21(17)22(27)25-15-18-5-7-20(8-6-18)30-13-12-29-2;/h5-9,11,19,24H,3-4,10,12-16H2,1-2H3,(H,25,27);1H. The summed E-state index contributed by atoms with van der Waals surface area (Å²) < 4.78 is 12.2. The zero-order valence-electron chi connectivity index (χ0n) is 18.2. The van der Waals surface area contributed by atoms with Gasteiger partial charge in [-0.25, -0.2) is 0 Å². The fourth-order valence-corrected chi connectivity index (χ4v) is 3.66. The molecule has 2 aromatic rings. The summed E-state index contributed by atoms with van der Waals surface area (Å²) in [5, 5.41) is 6.24. The molecule has 1 aliphatic heterocycles. The summed E-state index contributed by atoms with van der Waals surface area (Å²) in [6, 6.07) is 9.36. The molecule has 1 aliphatic rings. The van der Waals surface area contributed by atoms with Crippen LogP contribution in [0.2, 0.25) is 0 Å². The van der Waals surface area contributed by atoms with Crippen LogP contribution in [0.3, 0.4) is 0 Å². The number of hydrogen-bond acceptors (Lipinski definition) is 5. The molecule has 1 fully saturated rings. The van der Waals surface area contributed by atoms with Crippen molar-refractivity contribution < 1.29 is 14.3 Å². The number of aryl methyl sites for hydroxylation is 1. The third-order valence-corrected chi connectivity index (χ3v) is 5.39. The van der Waals surface area contributed by atoms with Gasteiger partial charge in [-0.1, -0.05) is 12.1 Å². The molecule has 7 nitrogen and oxygen atoms in total. The number of nitrogens with zero attached hydrogens (tertiary/aromatic N) is 1. The van der Waals surface area contributed by atoms with Crippen molar-refractivity contribution in [3.63, 3.8) is 0 Å². The highest BCUT2D eigenvalue weighted by atomic mass is 35.5. The van der Waals surface area contributed by atoms with Gasteiger partial charge in [-0.2, -0.15) is 0 Å².